The van der Waals surface area contributed by atoms with Crippen LogP contribution in [0.15, 0.2) is 27.6 Å². The summed E-state index contributed by atoms with van der Waals surface area (Å²) in [6.45, 7) is 0. The molecule has 0 atom stereocenters. The van der Waals surface area contributed by atoms with Gasteiger partial charge in [-0.05, 0) is 21.9 Å². The Morgan fingerprint density at radius 2 is 2.11 bits per heavy atom. The highest BCUT2D eigenvalue weighted by Crippen LogP contribution is 2.14. The van der Waals surface area contributed by atoms with Crippen LogP contribution < -0.4 is 5.56 Å². The number of halogens is 2. The highest BCUT2D eigenvalue weighted by molar-refractivity contribution is 5.62. The van der Waals surface area contributed by atoms with Gasteiger partial charge in [-0.25, -0.2) is 18.4 Å². The van der Waals surface area contributed by atoms with Gasteiger partial charge >= 0.3 is 0 Å². The van der Waals surface area contributed by atoms with Crippen molar-refractivity contribution < 1.29 is 13.4 Å². The molecule has 6 nitrogen and oxygen atoms in total. The molecule has 0 fully saturated rings. The van der Waals surface area contributed by atoms with Crippen molar-refractivity contribution in [3.8, 4) is 0 Å². The van der Waals surface area contributed by atoms with E-state index in [9.17, 15) is 13.6 Å². The molecule has 2 aromatic heterocycles. The average Bonchev–Trinajstić information content (AvgIpc) is 2.82. The lowest BCUT2D eigenvalue weighted by Crippen LogP contribution is -2.16. The third-order valence-corrected chi connectivity index (χ3v) is 2.60. The summed E-state index contributed by atoms with van der Waals surface area (Å²) in [6.07, 6.45) is -0.151. The van der Waals surface area contributed by atoms with Crippen LogP contribution in [-0.4, -0.2) is 20.3 Å². The van der Waals surface area contributed by atoms with Crippen molar-refractivity contribution in [3.63, 3.8) is 0 Å². The second-order valence-corrected chi connectivity index (χ2v) is 3.84. The summed E-state index contributed by atoms with van der Waals surface area (Å²) in [6, 6.07) is 3.74. The number of benzene rings is 1. The number of hydrogen-bond donors (Lipinski definition) is 1. The number of nitrogens with one attached hydrogen (secondary N) is 1. The van der Waals surface area contributed by atoms with Gasteiger partial charge in [0.05, 0.1) is 0 Å². The molecule has 3 rings (SSSR count). The quantitative estimate of drug-likeness (QED) is 0.751. The van der Waals surface area contributed by atoms with Gasteiger partial charge in [0, 0.05) is 6.42 Å². The molecule has 0 radical (unpaired) electrons. The number of aromatic amines is 1. The lowest BCUT2D eigenvalue weighted by molar-refractivity contribution is 0.314. The molecule has 96 valence electrons. The maximum absolute atomic E-state index is 13.5. The van der Waals surface area contributed by atoms with Crippen LogP contribution in [0.4, 0.5) is 8.78 Å². The number of rotatable bonds is 2. The number of hydrogen-bond acceptors (Lipinski definition) is 5. The molecule has 1 N–H and O–H groups in total. The molecule has 0 amide bonds. The van der Waals surface area contributed by atoms with E-state index in [-0.39, 0.29) is 29.0 Å². The van der Waals surface area contributed by atoms with Crippen molar-refractivity contribution in [3.05, 3.63) is 51.4 Å². The molecule has 0 bridgehead atoms. The lowest BCUT2D eigenvalue weighted by Gasteiger charge is -2.02. The summed E-state index contributed by atoms with van der Waals surface area (Å²) >= 11 is 0. The summed E-state index contributed by atoms with van der Waals surface area (Å²) in [5.41, 5.74) is -0.298. The van der Waals surface area contributed by atoms with E-state index in [2.05, 4.69) is 24.9 Å². The number of H-pyrrole nitrogens is 1. The molecule has 0 aliphatic carbocycles. The minimum absolute atomic E-state index is 0.00713. The van der Waals surface area contributed by atoms with Crippen molar-refractivity contribution in [1.29, 1.82) is 0 Å². The largest absolute Gasteiger partial charge is 0.299 e. The average molecular weight is 264 g/mol. The van der Waals surface area contributed by atoms with Gasteiger partial charge in [-0.15, -0.1) is 0 Å². The maximum Gasteiger partial charge on any atom is 0.271 e. The van der Waals surface area contributed by atoms with E-state index >= 15 is 0 Å². The molecular weight excluding hydrogens is 258 g/mol. The van der Waals surface area contributed by atoms with E-state index in [4.69, 9.17) is 0 Å². The Labute approximate surface area is 104 Å². The molecule has 1 aromatic carbocycles. The van der Waals surface area contributed by atoms with Gasteiger partial charge in [-0.1, -0.05) is 12.1 Å². The Balaban J connectivity index is 2.07. The van der Waals surface area contributed by atoms with Crippen LogP contribution in [0, 0.1) is 11.6 Å². The summed E-state index contributed by atoms with van der Waals surface area (Å²) in [5.74, 6) is -1.97. The Kier molecular flexibility index (Phi) is 2.55. The Morgan fingerprint density at radius 1 is 1.26 bits per heavy atom. The minimum atomic E-state index is -0.998. The van der Waals surface area contributed by atoms with Crippen molar-refractivity contribution in [2.24, 2.45) is 0 Å². The summed E-state index contributed by atoms with van der Waals surface area (Å²) in [5, 5.41) is 6.89. The van der Waals surface area contributed by atoms with Gasteiger partial charge in [-0.3, -0.25) is 9.78 Å². The highest BCUT2D eigenvalue weighted by Gasteiger charge is 2.13. The van der Waals surface area contributed by atoms with E-state index in [0.717, 1.165) is 6.07 Å². The molecule has 0 aliphatic heterocycles. The second-order valence-electron chi connectivity index (χ2n) is 3.84. The Morgan fingerprint density at radius 3 is 2.95 bits per heavy atom. The predicted molar refractivity (Wildman–Crippen MR) is 59.4 cm³/mol. The monoisotopic (exact) mass is 264 g/mol. The third kappa shape index (κ3) is 1.96. The third-order valence-electron chi connectivity index (χ3n) is 2.60. The van der Waals surface area contributed by atoms with Crippen LogP contribution in [-0.2, 0) is 6.42 Å². The molecular formula is C11H6F2N4O2. The van der Waals surface area contributed by atoms with Crippen molar-refractivity contribution >= 4 is 11.3 Å². The molecule has 0 saturated carbocycles. The van der Waals surface area contributed by atoms with E-state index in [1.54, 1.807) is 0 Å². The molecule has 8 heteroatoms. The first-order valence-electron chi connectivity index (χ1n) is 5.29. The van der Waals surface area contributed by atoms with Crippen LogP contribution >= 0.6 is 0 Å². The summed E-state index contributed by atoms with van der Waals surface area (Å²) in [4.78, 5) is 18.0. The lowest BCUT2D eigenvalue weighted by atomic mass is 10.1. The minimum Gasteiger partial charge on any atom is -0.299 e. The Hall–Kier alpha value is -2.64. The van der Waals surface area contributed by atoms with Gasteiger partial charge < -0.3 is 0 Å². The molecule has 0 saturated heterocycles. The number of fused-ring (bicyclic) bond motifs is 1. The summed E-state index contributed by atoms with van der Waals surface area (Å²) in [7, 11) is 0. The molecule has 2 heterocycles. The molecule has 0 aliphatic rings. The van der Waals surface area contributed by atoms with E-state index in [1.165, 1.54) is 12.1 Å². The zero-order valence-corrected chi connectivity index (χ0v) is 9.35. The standard InChI is InChI=1S/C11H6F2N4O2/c12-6-3-1-2-5(8(6)13)4-7-11(18)15-10-9(14-7)16-19-17-10/h1-3H,4H2,(H,15,17,18). The fraction of sp³-hybridized carbons (Fsp3) is 0.0909. The number of nitrogens with zero attached hydrogens (tertiary/aromatic N) is 3. The second kappa shape index (κ2) is 4.23. The molecule has 19 heavy (non-hydrogen) atoms. The van der Waals surface area contributed by atoms with Crippen molar-refractivity contribution in [1.82, 2.24) is 20.3 Å². The van der Waals surface area contributed by atoms with Gasteiger partial charge in [-0.2, -0.15) is 0 Å². The topological polar surface area (TPSA) is 84.7 Å². The van der Waals surface area contributed by atoms with Gasteiger partial charge in [0.25, 0.3) is 5.56 Å². The van der Waals surface area contributed by atoms with E-state index < -0.39 is 17.2 Å². The first-order chi connectivity index (χ1) is 9.15. The normalized spacial score (nSPS) is 11.1. The van der Waals surface area contributed by atoms with Crippen LogP contribution in [0.1, 0.15) is 11.3 Å². The maximum atomic E-state index is 13.5. The zero-order valence-electron chi connectivity index (χ0n) is 9.35. The molecule has 0 spiro atoms. The first-order valence-corrected chi connectivity index (χ1v) is 5.29. The molecule has 3 aromatic rings. The van der Waals surface area contributed by atoms with Gasteiger partial charge in [0.15, 0.2) is 11.6 Å². The predicted octanol–water partition coefficient (Wildman–Crippen LogP) is 1.18. The SMILES string of the molecule is O=c1[nH]c2nonc2nc1Cc1cccc(F)c1F. The fourth-order valence-electron chi connectivity index (χ4n) is 1.68. The fourth-order valence-corrected chi connectivity index (χ4v) is 1.68. The first kappa shape index (κ1) is 11.5. The molecule has 0 unspecified atom stereocenters. The zero-order chi connectivity index (χ0) is 13.4. The van der Waals surface area contributed by atoms with Crippen molar-refractivity contribution in [2.45, 2.75) is 6.42 Å². The van der Waals surface area contributed by atoms with E-state index in [1.807, 2.05) is 0 Å². The highest BCUT2D eigenvalue weighted by atomic mass is 19.2. The smallest absolute Gasteiger partial charge is 0.271 e. The summed E-state index contributed by atoms with van der Waals surface area (Å²) < 4.78 is 31.0. The van der Waals surface area contributed by atoms with Crippen LogP contribution in [0.5, 0.6) is 0 Å². The van der Waals surface area contributed by atoms with Crippen LogP contribution in [0.2, 0.25) is 0 Å². The van der Waals surface area contributed by atoms with Crippen molar-refractivity contribution in [2.75, 3.05) is 0 Å². The van der Waals surface area contributed by atoms with Gasteiger partial charge in [0.1, 0.15) is 5.69 Å². The Bertz CT molecular complexity index is 812. The van der Waals surface area contributed by atoms with E-state index in [0.29, 0.717) is 0 Å². The number of aromatic nitrogens is 4. The van der Waals surface area contributed by atoms with Crippen LogP contribution in [0.3, 0.4) is 0 Å². The van der Waals surface area contributed by atoms with Gasteiger partial charge in [0.2, 0.25) is 11.3 Å². The van der Waals surface area contributed by atoms with Crippen LogP contribution in [0.25, 0.3) is 11.3 Å².